The number of carboxylic acids is 1. The van der Waals surface area contributed by atoms with Crippen LogP contribution in [0, 0.1) is 0 Å². The summed E-state index contributed by atoms with van der Waals surface area (Å²) in [7, 11) is 1.58. The Bertz CT molecular complexity index is 482. The maximum Gasteiger partial charge on any atom is 0.230 e. The molecule has 6 nitrogen and oxygen atoms in total. The fourth-order valence-electron chi connectivity index (χ4n) is 1.79. The van der Waals surface area contributed by atoms with E-state index in [2.05, 4.69) is 5.32 Å². The van der Waals surface area contributed by atoms with Gasteiger partial charge in [0.05, 0.1) is 25.5 Å². The van der Waals surface area contributed by atoms with Crippen LogP contribution < -0.4 is 15.7 Å². The fourth-order valence-corrected chi connectivity index (χ4v) is 1.98. The highest BCUT2D eigenvalue weighted by molar-refractivity contribution is 6.30. The molecule has 0 aliphatic carbocycles. The molecule has 0 aromatic heterocycles. The normalized spacial score (nSPS) is 11.9. The molecule has 1 rings (SSSR count). The number of carbonyl (C=O) groups is 2. The van der Waals surface area contributed by atoms with Gasteiger partial charge in [-0.3, -0.25) is 4.79 Å². The molecule has 116 valence electrons. The molecule has 0 bridgehead atoms. The lowest BCUT2D eigenvalue weighted by molar-refractivity contribution is -0.682. The number of carboxylic acid groups (broad SMARTS) is 1. The van der Waals surface area contributed by atoms with Crippen LogP contribution in [0.15, 0.2) is 24.3 Å². The molecule has 21 heavy (non-hydrogen) atoms. The van der Waals surface area contributed by atoms with E-state index in [1.54, 1.807) is 36.7 Å². The minimum Gasteiger partial charge on any atom is -0.544 e. The Morgan fingerprint density at radius 2 is 2.24 bits per heavy atom. The molecule has 0 saturated carbocycles. The van der Waals surface area contributed by atoms with E-state index in [0.717, 1.165) is 0 Å². The number of amides is 1. The molecular formula is C14H19ClN2O4. The van der Waals surface area contributed by atoms with Gasteiger partial charge in [0.15, 0.2) is 0 Å². The highest BCUT2D eigenvalue weighted by atomic mass is 35.5. The summed E-state index contributed by atoms with van der Waals surface area (Å²) in [6.45, 7) is 1.10. The van der Waals surface area contributed by atoms with Gasteiger partial charge < -0.3 is 25.3 Å². The van der Waals surface area contributed by atoms with Crippen molar-refractivity contribution >= 4 is 29.2 Å². The van der Waals surface area contributed by atoms with Gasteiger partial charge in [-0.05, 0) is 18.2 Å². The summed E-state index contributed by atoms with van der Waals surface area (Å²) in [5, 5.41) is 15.7. The van der Waals surface area contributed by atoms with Crippen molar-refractivity contribution in [3.8, 4) is 0 Å². The molecule has 0 aliphatic rings. The van der Waals surface area contributed by atoms with Crippen LogP contribution in [0.1, 0.15) is 12.8 Å². The minimum atomic E-state index is -1.26. The topological polar surface area (TPSA) is 95.1 Å². The molecule has 7 heteroatoms. The third kappa shape index (κ3) is 7.08. The van der Waals surface area contributed by atoms with Crippen LogP contribution in [0.25, 0.3) is 0 Å². The zero-order valence-corrected chi connectivity index (χ0v) is 12.6. The molecule has 0 saturated heterocycles. The Morgan fingerprint density at radius 1 is 1.48 bits per heavy atom. The first-order valence-electron chi connectivity index (χ1n) is 6.61. The Balaban J connectivity index is 2.46. The Morgan fingerprint density at radius 3 is 2.86 bits per heavy atom. The maximum absolute atomic E-state index is 11.8. The van der Waals surface area contributed by atoms with Gasteiger partial charge >= 0.3 is 0 Å². The standard InChI is InChI=1S/C14H19ClN2O4/c1-21-7-3-6-16-12(14(19)20)9-13(18)17-11-5-2-4-10(15)8-11/h2,4-5,8,12,16H,3,6-7,9H2,1H3,(H,17,18)(H,19,20)/t12-/m1/s1. The minimum absolute atomic E-state index is 0.165. The van der Waals surface area contributed by atoms with Gasteiger partial charge in [0.2, 0.25) is 5.91 Å². The van der Waals surface area contributed by atoms with Gasteiger partial charge in [0, 0.05) is 24.2 Å². The molecule has 0 aliphatic heterocycles. The van der Waals surface area contributed by atoms with Crippen LogP contribution in [-0.4, -0.2) is 38.2 Å². The molecule has 1 amide bonds. The lowest BCUT2D eigenvalue weighted by Gasteiger charge is -2.16. The number of aliphatic carboxylic acids is 1. The van der Waals surface area contributed by atoms with E-state index < -0.39 is 17.9 Å². The number of nitrogens with one attached hydrogen (secondary N) is 1. The van der Waals surface area contributed by atoms with E-state index in [-0.39, 0.29) is 6.42 Å². The van der Waals surface area contributed by atoms with Crippen molar-refractivity contribution in [2.24, 2.45) is 0 Å². The van der Waals surface area contributed by atoms with Crippen molar-refractivity contribution < 1.29 is 24.7 Å². The van der Waals surface area contributed by atoms with Crippen LogP contribution >= 0.6 is 11.6 Å². The predicted octanol–water partition coefficient (Wildman–Crippen LogP) is -0.613. The molecule has 0 unspecified atom stereocenters. The monoisotopic (exact) mass is 314 g/mol. The van der Waals surface area contributed by atoms with Gasteiger partial charge in [-0.15, -0.1) is 0 Å². The first-order chi connectivity index (χ1) is 10.0. The van der Waals surface area contributed by atoms with Crippen molar-refractivity contribution in [1.82, 2.24) is 0 Å². The van der Waals surface area contributed by atoms with Gasteiger partial charge in [-0.1, -0.05) is 17.7 Å². The average Bonchev–Trinajstić information content (AvgIpc) is 2.42. The average molecular weight is 315 g/mol. The highest BCUT2D eigenvalue weighted by Gasteiger charge is 2.18. The van der Waals surface area contributed by atoms with E-state index in [1.165, 1.54) is 0 Å². The predicted molar refractivity (Wildman–Crippen MR) is 76.8 cm³/mol. The van der Waals surface area contributed by atoms with Crippen LogP contribution in [0.2, 0.25) is 5.02 Å². The van der Waals surface area contributed by atoms with E-state index in [0.29, 0.717) is 30.3 Å². The molecule has 3 N–H and O–H groups in total. The largest absolute Gasteiger partial charge is 0.544 e. The van der Waals surface area contributed by atoms with Crippen LogP contribution in [0.4, 0.5) is 5.69 Å². The summed E-state index contributed by atoms with van der Waals surface area (Å²) in [5.74, 6) is -1.65. The molecule has 1 aromatic rings. The molecular weight excluding hydrogens is 296 g/mol. The SMILES string of the molecule is COCCC[NH2+][C@H](CC(=O)Nc1cccc(Cl)c1)C(=O)[O-]. The van der Waals surface area contributed by atoms with Gasteiger partial charge in [-0.2, -0.15) is 0 Å². The first kappa shape index (κ1) is 17.4. The summed E-state index contributed by atoms with van der Waals surface area (Å²) in [6.07, 6.45) is 0.540. The van der Waals surface area contributed by atoms with E-state index in [9.17, 15) is 14.7 Å². The summed E-state index contributed by atoms with van der Waals surface area (Å²) in [6, 6.07) is 5.74. The second-order valence-electron chi connectivity index (χ2n) is 4.56. The molecule has 0 radical (unpaired) electrons. The number of methoxy groups -OCH3 is 1. The van der Waals surface area contributed by atoms with E-state index >= 15 is 0 Å². The number of nitrogens with two attached hydrogens (primary N) is 1. The number of ether oxygens (including phenoxy) is 1. The number of rotatable bonds is 9. The number of hydrogen-bond acceptors (Lipinski definition) is 4. The van der Waals surface area contributed by atoms with Crippen molar-refractivity contribution in [3.63, 3.8) is 0 Å². The van der Waals surface area contributed by atoms with Crippen LogP contribution in [0.3, 0.4) is 0 Å². The van der Waals surface area contributed by atoms with Crippen molar-refractivity contribution in [1.29, 1.82) is 0 Å². The van der Waals surface area contributed by atoms with Crippen molar-refractivity contribution in [3.05, 3.63) is 29.3 Å². The third-order valence-electron chi connectivity index (χ3n) is 2.82. The van der Waals surface area contributed by atoms with Gasteiger partial charge in [0.25, 0.3) is 0 Å². The molecule has 0 spiro atoms. The number of hydrogen-bond donors (Lipinski definition) is 2. The number of carbonyl (C=O) groups excluding carboxylic acids is 2. The fraction of sp³-hybridized carbons (Fsp3) is 0.429. The van der Waals surface area contributed by atoms with Crippen molar-refractivity contribution in [2.45, 2.75) is 18.9 Å². The number of halogens is 1. The first-order valence-corrected chi connectivity index (χ1v) is 6.99. The summed E-state index contributed by atoms with van der Waals surface area (Å²) in [4.78, 5) is 22.9. The lowest BCUT2D eigenvalue weighted by atomic mass is 10.2. The number of benzene rings is 1. The van der Waals surface area contributed by atoms with Gasteiger partial charge in [-0.25, -0.2) is 0 Å². The number of quaternary nitrogens is 1. The molecule has 1 aromatic carbocycles. The summed E-state index contributed by atoms with van der Waals surface area (Å²) >= 11 is 5.81. The molecule has 0 heterocycles. The highest BCUT2D eigenvalue weighted by Crippen LogP contribution is 2.14. The van der Waals surface area contributed by atoms with Crippen LogP contribution in [-0.2, 0) is 14.3 Å². The quantitative estimate of drug-likeness (QED) is 0.594. The smallest absolute Gasteiger partial charge is 0.230 e. The Labute approximate surface area is 128 Å². The third-order valence-corrected chi connectivity index (χ3v) is 3.06. The zero-order chi connectivity index (χ0) is 15.7. The Kier molecular flexibility index (Phi) is 7.74. The number of anilines is 1. The van der Waals surface area contributed by atoms with Crippen molar-refractivity contribution in [2.75, 3.05) is 25.6 Å². The maximum atomic E-state index is 11.8. The van der Waals surface area contributed by atoms with Gasteiger partial charge in [0.1, 0.15) is 6.04 Å². The van der Waals surface area contributed by atoms with E-state index in [1.807, 2.05) is 0 Å². The van der Waals surface area contributed by atoms with E-state index in [4.69, 9.17) is 16.3 Å². The second kappa shape index (κ2) is 9.33. The van der Waals surface area contributed by atoms with Crippen LogP contribution in [0.5, 0.6) is 0 Å². The summed E-state index contributed by atoms with van der Waals surface area (Å²) < 4.78 is 4.88. The second-order valence-corrected chi connectivity index (χ2v) is 5.00. The molecule has 0 fully saturated rings. The summed E-state index contributed by atoms with van der Waals surface area (Å²) in [5.41, 5.74) is 0.531. The molecule has 1 atom stereocenters. The Hall–Kier alpha value is -1.63. The lowest BCUT2D eigenvalue weighted by Crippen LogP contribution is -2.93. The zero-order valence-electron chi connectivity index (χ0n) is 11.8.